The number of carbonyl (C=O) groups excluding carboxylic acids is 1. The predicted molar refractivity (Wildman–Crippen MR) is 103 cm³/mol. The van der Waals surface area contributed by atoms with Gasteiger partial charge in [0.25, 0.3) is 0 Å². The first-order valence-corrected chi connectivity index (χ1v) is 8.98. The lowest BCUT2D eigenvalue weighted by Gasteiger charge is -2.25. The molecule has 0 unspecified atom stereocenters. The van der Waals surface area contributed by atoms with Crippen LogP contribution in [-0.4, -0.2) is 37.1 Å². The average molecular weight is 375 g/mol. The highest BCUT2D eigenvalue weighted by Gasteiger charge is 2.20. The Kier molecular flexibility index (Phi) is 5.69. The first kappa shape index (κ1) is 18.5. The monoisotopic (exact) mass is 374 g/mol. The quantitative estimate of drug-likeness (QED) is 0.862. The Morgan fingerprint density at radius 1 is 1.23 bits per heavy atom. The van der Waals surface area contributed by atoms with E-state index in [4.69, 9.17) is 21.1 Å². The van der Waals surface area contributed by atoms with Crippen LogP contribution in [0.1, 0.15) is 18.1 Å². The van der Waals surface area contributed by atoms with Crippen molar-refractivity contribution < 1.29 is 14.3 Å². The van der Waals surface area contributed by atoms with Gasteiger partial charge in [-0.1, -0.05) is 23.7 Å². The molecule has 0 fully saturated rings. The Balaban J connectivity index is 1.64. The minimum absolute atomic E-state index is 0.0737. The summed E-state index contributed by atoms with van der Waals surface area (Å²) in [5.74, 6) is 1.45. The zero-order valence-electron chi connectivity index (χ0n) is 15.2. The second-order valence-corrected chi connectivity index (χ2v) is 6.88. The van der Waals surface area contributed by atoms with E-state index in [1.165, 1.54) is 0 Å². The summed E-state index contributed by atoms with van der Waals surface area (Å²) in [4.78, 5) is 14.6. The van der Waals surface area contributed by atoms with Crippen LogP contribution in [0.2, 0.25) is 5.02 Å². The molecule has 5 nitrogen and oxygen atoms in total. The number of ether oxygens (including phenoxy) is 2. The first-order valence-electron chi connectivity index (χ1n) is 8.60. The summed E-state index contributed by atoms with van der Waals surface area (Å²) in [5.41, 5.74) is 2.67. The van der Waals surface area contributed by atoms with E-state index in [-0.39, 0.29) is 11.9 Å². The van der Waals surface area contributed by atoms with Crippen LogP contribution in [0.15, 0.2) is 36.4 Å². The molecule has 3 rings (SSSR count). The Morgan fingerprint density at radius 2 is 1.96 bits per heavy atom. The lowest BCUT2D eigenvalue weighted by atomic mass is 10.1. The minimum Gasteiger partial charge on any atom is -0.486 e. The number of benzene rings is 2. The van der Waals surface area contributed by atoms with Gasteiger partial charge in [0.2, 0.25) is 5.91 Å². The smallest absolute Gasteiger partial charge is 0.241 e. The molecule has 0 aliphatic carbocycles. The van der Waals surface area contributed by atoms with Gasteiger partial charge in [0.05, 0.1) is 6.04 Å². The van der Waals surface area contributed by atoms with Crippen LogP contribution >= 0.6 is 11.6 Å². The van der Waals surface area contributed by atoms with Crippen LogP contribution in [0.4, 0.5) is 5.69 Å². The van der Waals surface area contributed by atoms with E-state index in [0.29, 0.717) is 24.8 Å². The molecule has 1 amide bonds. The number of anilines is 1. The van der Waals surface area contributed by atoms with Gasteiger partial charge in [0, 0.05) is 17.3 Å². The van der Waals surface area contributed by atoms with E-state index >= 15 is 0 Å². The van der Waals surface area contributed by atoms with Gasteiger partial charge in [-0.3, -0.25) is 9.69 Å². The summed E-state index contributed by atoms with van der Waals surface area (Å²) in [6.45, 7) is 5.53. The van der Waals surface area contributed by atoms with E-state index in [1.807, 2.05) is 62.2 Å². The van der Waals surface area contributed by atoms with Crippen molar-refractivity contribution in [3.63, 3.8) is 0 Å². The molecular formula is C20H23ClN2O3. The summed E-state index contributed by atoms with van der Waals surface area (Å²) >= 11 is 6.12. The number of hydrogen-bond donors (Lipinski definition) is 1. The number of nitrogens with one attached hydrogen (secondary N) is 1. The third kappa shape index (κ3) is 4.11. The van der Waals surface area contributed by atoms with Crippen molar-refractivity contribution in [3.05, 3.63) is 52.5 Å². The third-order valence-electron chi connectivity index (χ3n) is 4.60. The Morgan fingerprint density at radius 3 is 2.73 bits per heavy atom. The largest absolute Gasteiger partial charge is 0.486 e. The van der Waals surface area contributed by atoms with E-state index in [1.54, 1.807) is 0 Å². The zero-order valence-corrected chi connectivity index (χ0v) is 16.0. The Hall–Kier alpha value is -2.24. The van der Waals surface area contributed by atoms with Gasteiger partial charge in [-0.05, 0) is 56.3 Å². The number of fused-ring (bicyclic) bond motifs is 1. The maximum absolute atomic E-state index is 12.6. The Bertz CT molecular complexity index is 810. The van der Waals surface area contributed by atoms with Crippen molar-refractivity contribution in [2.75, 3.05) is 25.6 Å². The van der Waals surface area contributed by atoms with Crippen molar-refractivity contribution >= 4 is 23.2 Å². The number of hydrogen-bond acceptors (Lipinski definition) is 4. The van der Waals surface area contributed by atoms with Gasteiger partial charge in [0.1, 0.15) is 13.2 Å². The van der Waals surface area contributed by atoms with Gasteiger partial charge < -0.3 is 14.8 Å². The minimum atomic E-state index is -0.304. The summed E-state index contributed by atoms with van der Waals surface area (Å²) in [7, 11) is 1.92. The van der Waals surface area contributed by atoms with E-state index in [9.17, 15) is 4.79 Å². The number of amides is 1. The van der Waals surface area contributed by atoms with Crippen LogP contribution in [0.25, 0.3) is 0 Å². The maximum atomic E-state index is 12.6. The van der Waals surface area contributed by atoms with E-state index in [0.717, 1.165) is 28.3 Å². The SMILES string of the molecule is Cc1c(Cl)cccc1NC(=O)[C@H](C)N(C)Cc1ccc2c(c1)OCCO2. The lowest BCUT2D eigenvalue weighted by molar-refractivity contribution is -0.120. The molecule has 138 valence electrons. The number of carbonyl (C=O) groups is 1. The average Bonchev–Trinajstić information content (AvgIpc) is 2.64. The predicted octanol–water partition coefficient (Wildman–Crippen LogP) is 3.88. The normalized spacial score (nSPS) is 14.2. The molecule has 0 radical (unpaired) electrons. The van der Waals surface area contributed by atoms with Crippen molar-refractivity contribution in [3.8, 4) is 11.5 Å². The second-order valence-electron chi connectivity index (χ2n) is 6.47. The molecule has 1 aliphatic heterocycles. The van der Waals surface area contributed by atoms with Gasteiger partial charge in [-0.25, -0.2) is 0 Å². The van der Waals surface area contributed by atoms with Crippen molar-refractivity contribution in [1.29, 1.82) is 0 Å². The van der Waals surface area contributed by atoms with Gasteiger partial charge in [-0.15, -0.1) is 0 Å². The summed E-state index contributed by atoms with van der Waals surface area (Å²) in [6.07, 6.45) is 0. The molecule has 0 aromatic heterocycles. The molecule has 2 aromatic rings. The summed E-state index contributed by atoms with van der Waals surface area (Å²) in [6, 6.07) is 11.1. The molecule has 6 heteroatoms. The molecule has 2 aromatic carbocycles. The molecule has 1 atom stereocenters. The number of likely N-dealkylation sites (N-methyl/N-ethyl adjacent to an activating group) is 1. The molecule has 26 heavy (non-hydrogen) atoms. The van der Waals surface area contributed by atoms with Crippen LogP contribution in [0.5, 0.6) is 11.5 Å². The molecule has 0 spiro atoms. The van der Waals surface area contributed by atoms with E-state index < -0.39 is 0 Å². The highest BCUT2D eigenvalue weighted by Crippen LogP contribution is 2.31. The Labute approximate surface area is 158 Å². The molecule has 0 saturated heterocycles. The van der Waals surface area contributed by atoms with Crippen LogP contribution in [-0.2, 0) is 11.3 Å². The van der Waals surface area contributed by atoms with Gasteiger partial charge in [0.15, 0.2) is 11.5 Å². The standard InChI is InChI=1S/C20H23ClN2O3/c1-13-16(21)5-4-6-17(13)22-20(24)14(2)23(3)12-15-7-8-18-19(11-15)26-10-9-25-18/h4-8,11,14H,9-10,12H2,1-3H3,(H,22,24)/t14-/m0/s1. The number of rotatable bonds is 5. The van der Waals surface area contributed by atoms with E-state index in [2.05, 4.69) is 5.32 Å². The fourth-order valence-corrected chi connectivity index (χ4v) is 2.97. The van der Waals surface area contributed by atoms with Gasteiger partial charge >= 0.3 is 0 Å². The highest BCUT2D eigenvalue weighted by molar-refractivity contribution is 6.31. The second kappa shape index (κ2) is 7.98. The maximum Gasteiger partial charge on any atom is 0.241 e. The fourth-order valence-electron chi connectivity index (χ4n) is 2.79. The van der Waals surface area contributed by atoms with Crippen LogP contribution in [0, 0.1) is 6.92 Å². The lowest BCUT2D eigenvalue weighted by Crippen LogP contribution is -2.39. The molecule has 0 bridgehead atoms. The summed E-state index contributed by atoms with van der Waals surface area (Å²) < 4.78 is 11.2. The molecule has 1 aliphatic rings. The number of nitrogens with zero attached hydrogens (tertiary/aromatic N) is 1. The van der Waals surface area contributed by atoms with Crippen LogP contribution in [0.3, 0.4) is 0 Å². The fraction of sp³-hybridized carbons (Fsp3) is 0.350. The molecule has 1 N–H and O–H groups in total. The first-order chi connectivity index (χ1) is 12.5. The van der Waals surface area contributed by atoms with Crippen molar-refractivity contribution in [2.45, 2.75) is 26.4 Å². The van der Waals surface area contributed by atoms with Crippen LogP contribution < -0.4 is 14.8 Å². The highest BCUT2D eigenvalue weighted by atomic mass is 35.5. The molecular weight excluding hydrogens is 352 g/mol. The topological polar surface area (TPSA) is 50.8 Å². The molecule has 1 heterocycles. The van der Waals surface area contributed by atoms with Crippen molar-refractivity contribution in [2.24, 2.45) is 0 Å². The summed E-state index contributed by atoms with van der Waals surface area (Å²) in [5, 5.41) is 3.60. The molecule has 0 saturated carbocycles. The van der Waals surface area contributed by atoms with Gasteiger partial charge in [-0.2, -0.15) is 0 Å². The third-order valence-corrected chi connectivity index (χ3v) is 5.01. The van der Waals surface area contributed by atoms with Crippen molar-refractivity contribution in [1.82, 2.24) is 4.90 Å². The zero-order chi connectivity index (χ0) is 18.7. The number of halogens is 1.